The molecule has 1 aromatic rings. The van der Waals surface area contributed by atoms with E-state index in [4.69, 9.17) is 16.7 Å². The van der Waals surface area contributed by atoms with Crippen LogP contribution in [0.3, 0.4) is 0 Å². The number of hydrogen-bond donors (Lipinski definition) is 1. The van der Waals surface area contributed by atoms with Crippen LogP contribution in [0.25, 0.3) is 0 Å². The third-order valence-corrected chi connectivity index (χ3v) is 6.10. The Kier molecular flexibility index (Phi) is 4.93. The SMILES string of the molecule is O=C(O)C1CCN(S(=O)(=O)c2c(Cl)cccc2C(F)(F)F)CC1. The van der Waals surface area contributed by atoms with E-state index in [0.29, 0.717) is 6.07 Å². The van der Waals surface area contributed by atoms with Crippen molar-refractivity contribution < 1.29 is 31.5 Å². The van der Waals surface area contributed by atoms with Gasteiger partial charge in [0.2, 0.25) is 10.0 Å². The summed E-state index contributed by atoms with van der Waals surface area (Å²) in [6.45, 7) is -0.330. The number of benzene rings is 1. The fraction of sp³-hybridized carbons (Fsp3) is 0.462. The van der Waals surface area contributed by atoms with Gasteiger partial charge in [0.1, 0.15) is 4.90 Å². The van der Waals surface area contributed by atoms with Crippen molar-refractivity contribution >= 4 is 27.6 Å². The van der Waals surface area contributed by atoms with Crippen molar-refractivity contribution in [3.8, 4) is 0 Å². The molecule has 0 saturated carbocycles. The van der Waals surface area contributed by atoms with Gasteiger partial charge in [0, 0.05) is 13.1 Å². The molecule has 0 aromatic heterocycles. The summed E-state index contributed by atoms with van der Waals surface area (Å²) in [5.41, 5.74) is -1.33. The van der Waals surface area contributed by atoms with E-state index in [1.165, 1.54) is 0 Å². The van der Waals surface area contributed by atoms with E-state index in [0.717, 1.165) is 16.4 Å². The zero-order valence-corrected chi connectivity index (χ0v) is 13.2. The number of halogens is 4. The van der Waals surface area contributed by atoms with Crippen molar-refractivity contribution in [2.45, 2.75) is 23.9 Å². The summed E-state index contributed by atoms with van der Waals surface area (Å²) < 4.78 is 65.2. The molecule has 10 heteroatoms. The number of carbonyl (C=O) groups is 1. The maximum atomic E-state index is 13.1. The summed E-state index contributed by atoms with van der Waals surface area (Å²) in [5, 5.41) is 8.39. The predicted molar refractivity (Wildman–Crippen MR) is 75.6 cm³/mol. The quantitative estimate of drug-likeness (QED) is 0.886. The molecule has 0 atom stereocenters. The van der Waals surface area contributed by atoms with E-state index in [-0.39, 0.29) is 25.9 Å². The summed E-state index contributed by atoms with van der Waals surface area (Å²) in [7, 11) is -4.47. The lowest BCUT2D eigenvalue weighted by molar-refractivity contribution is -0.143. The molecule has 0 aliphatic carbocycles. The van der Waals surface area contributed by atoms with E-state index in [1.807, 2.05) is 0 Å². The molecular formula is C13H13ClF3NO4S. The molecule has 0 bridgehead atoms. The molecule has 23 heavy (non-hydrogen) atoms. The Morgan fingerprint density at radius 2 is 1.83 bits per heavy atom. The molecule has 1 heterocycles. The third-order valence-electron chi connectivity index (χ3n) is 3.67. The lowest BCUT2D eigenvalue weighted by Crippen LogP contribution is -2.40. The van der Waals surface area contributed by atoms with Gasteiger partial charge < -0.3 is 5.11 Å². The van der Waals surface area contributed by atoms with Gasteiger partial charge in [-0.2, -0.15) is 17.5 Å². The molecule has 0 amide bonds. The minimum atomic E-state index is -4.87. The fourth-order valence-electron chi connectivity index (χ4n) is 2.47. The van der Waals surface area contributed by atoms with E-state index in [2.05, 4.69) is 0 Å². The zero-order chi connectivity index (χ0) is 17.4. The highest BCUT2D eigenvalue weighted by Crippen LogP contribution is 2.39. The molecule has 128 valence electrons. The normalized spacial score (nSPS) is 18.1. The Hall–Kier alpha value is -1.32. The van der Waals surface area contributed by atoms with Crippen molar-refractivity contribution in [2.24, 2.45) is 5.92 Å². The smallest absolute Gasteiger partial charge is 0.417 e. The van der Waals surface area contributed by atoms with Crippen molar-refractivity contribution in [1.29, 1.82) is 0 Å². The van der Waals surface area contributed by atoms with E-state index >= 15 is 0 Å². The van der Waals surface area contributed by atoms with Gasteiger partial charge in [-0.05, 0) is 25.0 Å². The average molecular weight is 372 g/mol. The topological polar surface area (TPSA) is 74.7 Å². The standard InChI is InChI=1S/C13H13ClF3NO4S/c14-10-3-1-2-9(13(15,16)17)11(10)23(21,22)18-6-4-8(5-7-18)12(19)20/h1-3,8H,4-7H2,(H,19,20). The third kappa shape index (κ3) is 3.61. The Balaban J connectivity index is 2.40. The molecule has 0 unspecified atom stereocenters. The van der Waals surface area contributed by atoms with Crippen LogP contribution in [-0.4, -0.2) is 36.9 Å². The van der Waals surface area contributed by atoms with Crippen LogP contribution in [0.4, 0.5) is 13.2 Å². The number of piperidine rings is 1. The summed E-state index contributed by atoms with van der Waals surface area (Å²) in [6, 6.07) is 2.76. The van der Waals surface area contributed by atoms with Crippen molar-refractivity contribution in [2.75, 3.05) is 13.1 Å². The van der Waals surface area contributed by atoms with Crippen molar-refractivity contribution in [3.63, 3.8) is 0 Å². The average Bonchev–Trinajstić information content (AvgIpc) is 2.46. The predicted octanol–water partition coefficient (Wildman–Crippen LogP) is 2.84. The molecule has 2 rings (SSSR count). The lowest BCUT2D eigenvalue weighted by atomic mass is 9.99. The largest absolute Gasteiger partial charge is 0.481 e. The molecule has 1 fully saturated rings. The number of carboxylic acids is 1. The number of hydrogen-bond acceptors (Lipinski definition) is 3. The van der Waals surface area contributed by atoms with E-state index in [9.17, 15) is 26.4 Å². The lowest BCUT2D eigenvalue weighted by Gasteiger charge is -2.30. The summed E-state index contributed by atoms with van der Waals surface area (Å²) in [6.07, 6.45) is -4.78. The van der Waals surface area contributed by atoms with Crippen LogP contribution in [-0.2, 0) is 21.0 Å². The highest BCUT2D eigenvalue weighted by Gasteiger charge is 2.41. The highest BCUT2D eigenvalue weighted by molar-refractivity contribution is 7.89. The molecule has 1 aromatic carbocycles. The van der Waals surface area contributed by atoms with Crippen LogP contribution in [0.5, 0.6) is 0 Å². The molecule has 0 radical (unpaired) electrons. The number of alkyl halides is 3. The minimum absolute atomic E-state index is 0.0420. The van der Waals surface area contributed by atoms with Gasteiger partial charge in [-0.3, -0.25) is 4.79 Å². The van der Waals surface area contributed by atoms with E-state index in [1.54, 1.807) is 0 Å². The molecule has 1 N–H and O–H groups in total. The Bertz CT molecular complexity index is 712. The Morgan fingerprint density at radius 1 is 1.26 bits per heavy atom. The van der Waals surface area contributed by atoms with Gasteiger partial charge in [0.25, 0.3) is 0 Å². The summed E-state index contributed by atoms with van der Waals surface area (Å²) in [5.74, 6) is -1.74. The number of nitrogens with zero attached hydrogens (tertiary/aromatic N) is 1. The second-order valence-electron chi connectivity index (χ2n) is 5.13. The van der Waals surface area contributed by atoms with Crippen LogP contribution < -0.4 is 0 Å². The second-order valence-corrected chi connectivity index (χ2v) is 7.41. The van der Waals surface area contributed by atoms with Crippen molar-refractivity contribution in [1.82, 2.24) is 4.31 Å². The number of rotatable bonds is 3. The number of sulfonamides is 1. The van der Waals surface area contributed by atoms with Gasteiger partial charge in [0.15, 0.2) is 0 Å². The molecular weight excluding hydrogens is 359 g/mol. The first kappa shape index (κ1) is 18.0. The van der Waals surface area contributed by atoms with Gasteiger partial charge >= 0.3 is 12.1 Å². The maximum Gasteiger partial charge on any atom is 0.417 e. The molecule has 1 aliphatic rings. The highest BCUT2D eigenvalue weighted by atomic mass is 35.5. The fourth-order valence-corrected chi connectivity index (χ4v) is 4.66. The monoisotopic (exact) mass is 371 g/mol. The van der Waals surface area contributed by atoms with Crippen LogP contribution >= 0.6 is 11.6 Å². The Morgan fingerprint density at radius 3 is 2.30 bits per heavy atom. The second kappa shape index (κ2) is 6.29. The first-order valence-corrected chi connectivity index (χ1v) is 8.45. The van der Waals surface area contributed by atoms with Gasteiger partial charge in [-0.1, -0.05) is 17.7 Å². The number of carboxylic acid groups (broad SMARTS) is 1. The van der Waals surface area contributed by atoms with Crippen LogP contribution in [0.2, 0.25) is 5.02 Å². The molecule has 1 aliphatic heterocycles. The van der Waals surface area contributed by atoms with Gasteiger partial charge in [0.05, 0.1) is 16.5 Å². The minimum Gasteiger partial charge on any atom is -0.481 e. The maximum absolute atomic E-state index is 13.1. The van der Waals surface area contributed by atoms with E-state index < -0.39 is 43.6 Å². The summed E-state index contributed by atoms with van der Waals surface area (Å²) in [4.78, 5) is 9.90. The molecule has 0 spiro atoms. The zero-order valence-electron chi connectivity index (χ0n) is 11.7. The number of aliphatic carboxylic acids is 1. The van der Waals surface area contributed by atoms with Gasteiger partial charge in [-0.15, -0.1) is 0 Å². The van der Waals surface area contributed by atoms with Crippen LogP contribution in [0.1, 0.15) is 18.4 Å². The summed E-state index contributed by atoms with van der Waals surface area (Å²) >= 11 is 5.72. The van der Waals surface area contributed by atoms with Crippen LogP contribution in [0.15, 0.2) is 23.1 Å². The Labute approximate surface area is 135 Å². The molecule has 1 saturated heterocycles. The first-order chi connectivity index (χ1) is 10.5. The van der Waals surface area contributed by atoms with Crippen molar-refractivity contribution in [3.05, 3.63) is 28.8 Å². The van der Waals surface area contributed by atoms with Crippen LogP contribution in [0, 0.1) is 5.92 Å². The first-order valence-electron chi connectivity index (χ1n) is 6.64. The molecule has 5 nitrogen and oxygen atoms in total. The van der Waals surface area contributed by atoms with Gasteiger partial charge in [-0.25, -0.2) is 8.42 Å².